The Morgan fingerprint density at radius 3 is 2.90 bits per heavy atom. The molecule has 0 radical (unpaired) electrons. The summed E-state index contributed by atoms with van der Waals surface area (Å²) in [7, 11) is 0. The number of hydrogen-bond donors (Lipinski definition) is 2. The number of urea groups is 1. The van der Waals surface area contributed by atoms with Gasteiger partial charge in [0.05, 0.1) is 6.04 Å². The second kappa shape index (κ2) is 5.80. The van der Waals surface area contributed by atoms with Crippen LogP contribution in [0.2, 0.25) is 0 Å². The maximum Gasteiger partial charge on any atom is 0.318 e. The standard InChI is InChI=1S/C17H23N3O/c1-12(2)18-17(21)20-10-6-5-9-16(20)15-11-13-7-3-4-8-14(13)19-15/h3-4,7-8,11-12,16,19H,5-6,9-10H2,1-2H3,(H,18,21). The van der Waals surface area contributed by atoms with Gasteiger partial charge in [0.1, 0.15) is 0 Å². The summed E-state index contributed by atoms with van der Waals surface area (Å²) >= 11 is 0. The zero-order chi connectivity index (χ0) is 14.8. The van der Waals surface area contributed by atoms with Crippen molar-refractivity contribution in [2.24, 2.45) is 0 Å². The number of benzene rings is 1. The van der Waals surface area contributed by atoms with Crippen LogP contribution in [0.1, 0.15) is 44.8 Å². The molecule has 1 aliphatic heterocycles. The van der Waals surface area contributed by atoms with E-state index in [9.17, 15) is 4.79 Å². The quantitative estimate of drug-likeness (QED) is 0.866. The highest BCUT2D eigenvalue weighted by molar-refractivity contribution is 5.81. The fraction of sp³-hybridized carbons (Fsp3) is 0.471. The van der Waals surface area contributed by atoms with Crippen molar-refractivity contribution in [2.75, 3.05) is 6.54 Å². The van der Waals surface area contributed by atoms with Crippen molar-refractivity contribution in [1.82, 2.24) is 15.2 Å². The molecule has 2 aromatic rings. The van der Waals surface area contributed by atoms with E-state index in [-0.39, 0.29) is 18.1 Å². The molecule has 2 heterocycles. The summed E-state index contributed by atoms with van der Waals surface area (Å²) in [5, 5.41) is 4.23. The molecule has 1 fully saturated rings. The van der Waals surface area contributed by atoms with Crippen LogP contribution in [0.4, 0.5) is 4.79 Å². The lowest BCUT2D eigenvalue weighted by atomic mass is 9.99. The van der Waals surface area contributed by atoms with Crippen molar-refractivity contribution in [3.8, 4) is 0 Å². The van der Waals surface area contributed by atoms with E-state index in [1.54, 1.807) is 0 Å². The van der Waals surface area contributed by atoms with Crippen LogP contribution >= 0.6 is 0 Å². The average molecular weight is 285 g/mol. The fourth-order valence-electron chi connectivity index (χ4n) is 3.10. The van der Waals surface area contributed by atoms with E-state index < -0.39 is 0 Å². The predicted octanol–water partition coefficient (Wildman–Crippen LogP) is 3.81. The third-order valence-corrected chi connectivity index (χ3v) is 4.09. The number of nitrogens with one attached hydrogen (secondary N) is 2. The average Bonchev–Trinajstić information content (AvgIpc) is 2.90. The minimum atomic E-state index is 0.0494. The second-order valence-corrected chi connectivity index (χ2v) is 6.12. The van der Waals surface area contributed by atoms with E-state index in [1.807, 2.05) is 30.9 Å². The minimum absolute atomic E-state index is 0.0494. The van der Waals surface area contributed by atoms with Crippen LogP contribution in [0.15, 0.2) is 30.3 Å². The first-order valence-electron chi connectivity index (χ1n) is 7.80. The normalized spacial score (nSPS) is 19.2. The van der Waals surface area contributed by atoms with E-state index in [0.29, 0.717) is 0 Å². The number of aromatic amines is 1. The van der Waals surface area contributed by atoms with Gasteiger partial charge in [-0.15, -0.1) is 0 Å². The first kappa shape index (κ1) is 14.0. The van der Waals surface area contributed by atoms with Crippen LogP contribution < -0.4 is 5.32 Å². The van der Waals surface area contributed by atoms with Crippen LogP contribution in [0.3, 0.4) is 0 Å². The van der Waals surface area contributed by atoms with Crippen molar-refractivity contribution < 1.29 is 4.79 Å². The van der Waals surface area contributed by atoms with Gasteiger partial charge >= 0.3 is 6.03 Å². The number of aromatic nitrogens is 1. The lowest BCUT2D eigenvalue weighted by Gasteiger charge is -2.35. The van der Waals surface area contributed by atoms with Gasteiger partial charge in [-0.3, -0.25) is 0 Å². The Morgan fingerprint density at radius 1 is 1.33 bits per heavy atom. The summed E-state index contributed by atoms with van der Waals surface area (Å²) < 4.78 is 0. The van der Waals surface area contributed by atoms with E-state index in [0.717, 1.165) is 30.6 Å². The number of likely N-dealkylation sites (tertiary alicyclic amines) is 1. The summed E-state index contributed by atoms with van der Waals surface area (Å²) in [5.41, 5.74) is 2.29. The molecule has 0 aliphatic carbocycles. The van der Waals surface area contributed by atoms with Gasteiger partial charge < -0.3 is 15.2 Å². The third kappa shape index (κ3) is 2.89. The van der Waals surface area contributed by atoms with Crippen LogP contribution in [-0.4, -0.2) is 28.5 Å². The molecule has 1 saturated heterocycles. The highest BCUT2D eigenvalue weighted by Crippen LogP contribution is 2.32. The molecule has 1 atom stereocenters. The molecule has 4 heteroatoms. The van der Waals surface area contributed by atoms with E-state index in [2.05, 4.69) is 28.5 Å². The van der Waals surface area contributed by atoms with Crippen LogP contribution in [0.5, 0.6) is 0 Å². The van der Waals surface area contributed by atoms with Gasteiger partial charge in [-0.05, 0) is 50.6 Å². The van der Waals surface area contributed by atoms with Crippen LogP contribution in [0.25, 0.3) is 10.9 Å². The first-order valence-corrected chi connectivity index (χ1v) is 7.80. The number of hydrogen-bond acceptors (Lipinski definition) is 1. The molecule has 0 saturated carbocycles. The Balaban J connectivity index is 1.88. The molecule has 1 aliphatic rings. The number of para-hydroxylation sites is 1. The van der Waals surface area contributed by atoms with Gasteiger partial charge in [0.2, 0.25) is 0 Å². The number of nitrogens with zero attached hydrogens (tertiary/aromatic N) is 1. The lowest BCUT2D eigenvalue weighted by Crippen LogP contribution is -2.46. The zero-order valence-electron chi connectivity index (χ0n) is 12.7. The molecule has 112 valence electrons. The van der Waals surface area contributed by atoms with Crippen LogP contribution in [-0.2, 0) is 0 Å². The summed E-state index contributed by atoms with van der Waals surface area (Å²) in [6.07, 6.45) is 3.28. The Labute approximate surface area is 125 Å². The van der Waals surface area contributed by atoms with E-state index >= 15 is 0 Å². The van der Waals surface area contributed by atoms with Crippen molar-refractivity contribution >= 4 is 16.9 Å². The first-order chi connectivity index (χ1) is 10.1. The molecule has 4 nitrogen and oxygen atoms in total. The van der Waals surface area contributed by atoms with Crippen LogP contribution in [0, 0.1) is 0 Å². The number of rotatable bonds is 2. The van der Waals surface area contributed by atoms with Crippen molar-refractivity contribution in [3.63, 3.8) is 0 Å². The maximum atomic E-state index is 12.4. The zero-order valence-corrected chi connectivity index (χ0v) is 12.7. The summed E-state index contributed by atoms with van der Waals surface area (Å²) in [6.45, 7) is 4.83. The molecule has 2 amide bonds. The number of carbonyl (C=O) groups is 1. The number of carbonyl (C=O) groups excluding carboxylic acids is 1. The molecule has 1 aromatic carbocycles. The molecular formula is C17H23N3O. The Kier molecular flexibility index (Phi) is 3.86. The van der Waals surface area contributed by atoms with Gasteiger partial charge in [-0.25, -0.2) is 4.79 Å². The second-order valence-electron chi connectivity index (χ2n) is 6.12. The summed E-state index contributed by atoms with van der Waals surface area (Å²) in [5.74, 6) is 0. The van der Waals surface area contributed by atoms with Crippen molar-refractivity contribution in [3.05, 3.63) is 36.0 Å². The van der Waals surface area contributed by atoms with Gasteiger partial charge in [0, 0.05) is 23.8 Å². The molecule has 2 N–H and O–H groups in total. The largest absolute Gasteiger partial charge is 0.357 e. The number of piperidine rings is 1. The monoisotopic (exact) mass is 285 g/mol. The minimum Gasteiger partial charge on any atom is -0.357 e. The molecule has 21 heavy (non-hydrogen) atoms. The Hall–Kier alpha value is -1.97. The summed E-state index contributed by atoms with van der Waals surface area (Å²) in [4.78, 5) is 17.9. The van der Waals surface area contributed by atoms with Gasteiger partial charge in [-0.1, -0.05) is 18.2 Å². The molecule has 1 aromatic heterocycles. The highest BCUT2D eigenvalue weighted by Gasteiger charge is 2.29. The maximum absolute atomic E-state index is 12.4. The SMILES string of the molecule is CC(C)NC(=O)N1CCCCC1c1cc2ccccc2[nH]1. The number of H-pyrrole nitrogens is 1. The van der Waals surface area contributed by atoms with E-state index in [4.69, 9.17) is 0 Å². The van der Waals surface area contributed by atoms with Gasteiger partial charge in [0.15, 0.2) is 0 Å². The number of fused-ring (bicyclic) bond motifs is 1. The Bertz CT molecular complexity index is 599. The fourth-order valence-corrected chi connectivity index (χ4v) is 3.10. The molecule has 1 unspecified atom stereocenters. The lowest BCUT2D eigenvalue weighted by molar-refractivity contribution is 0.148. The molecule has 3 rings (SSSR count). The van der Waals surface area contributed by atoms with Crippen molar-refractivity contribution in [1.29, 1.82) is 0 Å². The molecule has 0 spiro atoms. The Morgan fingerprint density at radius 2 is 2.14 bits per heavy atom. The highest BCUT2D eigenvalue weighted by atomic mass is 16.2. The van der Waals surface area contributed by atoms with Crippen molar-refractivity contribution in [2.45, 2.75) is 45.2 Å². The third-order valence-electron chi connectivity index (χ3n) is 4.09. The predicted molar refractivity (Wildman–Crippen MR) is 85.3 cm³/mol. The number of amides is 2. The van der Waals surface area contributed by atoms with E-state index in [1.165, 1.54) is 11.8 Å². The van der Waals surface area contributed by atoms with Gasteiger partial charge in [0.25, 0.3) is 0 Å². The summed E-state index contributed by atoms with van der Waals surface area (Å²) in [6, 6.07) is 10.8. The molecular weight excluding hydrogens is 262 g/mol. The molecule has 0 bridgehead atoms. The van der Waals surface area contributed by atoms with Gasteiger partial charge in [-0.2, -0.15) is 0 Å². The smallest absolute Gasteiger partial charge is 0.318 e. The topological polar surface area (TPSA) is 48.1 Å².